The number of carbonyl (C=O) groups excluding carboxylic acids is 2. The number of hydrogen-bond donors (Lipinski definition) is 1. The summed E-state index contributed by atoms with van der Waals surface area (Å²) >= 11 is 5.92. The van der Waals surface area contributed by atoms with Crippen molar-refractivity contribution in [3.8, 4) is 5.75 Å². The van der Waals surface area contributed by atoms with Crippen molar-refractivity contribution in [3.63, 3.8) is 0 Å². The van der Waals surface area contributed by atoms with Crippen LogP contribution in [0.4, 0.5) is 14.5 Å². The van der Waals surface area contributed by atoms with E-state index in [0.29, 0.717) is 16.3 Å². The van der Waals surface area contributed by atoms with E-state index in [2.05, 4.69) is 5.32 Å². The van der Waals surface area contributed by atoms with E-state index in [4.69, 9.17) is 21.1 Å². The number of nitrogens with one attached hydrogen (secondary N) is 1. The lowest BCUT2D eigenvalue weighted by molar-refractivity contribution is -0.149. The van der Waals surface area contributed by atoms with Gasteiger partial charge in [0.2, 0.25) is 0 Å². The fraction of sp³-hybridized carbons (Fsp3) is 0.158. The lowest BCUT2D eigenvalue weighted by Crippen LogP contribution is -2.31. The summed E-state index contributed by atoms with van der Waals surface area (Å²) in [7, 11) is 0. The number of carbonyl (C=O) groups is 2. The monoisotopic (exact) mass is 393 g/mol. The zero-order chi connectivity index (χ0) is 19.6. The smallest absolute Gasteiger partial charge is 0.338 e. The lowest BCUT2D eigenvalue weighted by Gasteiger charge is -2.19. The summed E-state index contributed by atoms with van der Waals surface area (Å²) in [6.07, 6.45) is 0.325. The van der Waals surface area contributed by atoms with Crippen LogP contribution in [0.1, 0.15) is 12.5 Å². The van der Waals surface area contributed by atoms with Crippen LogP contribution < -0.4 is 10.1 Å². The molecule has 27 heavy (non-hydrogen) atoms. The Morgan fingerprint density at radius 1 is 1.22 bits per heavy atom. The number of esters is 1. The quantitative estimate of drug-likeness (QED) is 0.798. The molecule has 1 aliphatic rings. The van der Waals surface area contributed by atoms with E-state index in [9.17, 15) is 18.4 Å². The molecule has 0 radical (unpaired) electrons. The van der Waals surface area contributed by atoms with Gasteiger partial charge in [0.15, 0.2) is 6.10 Å². The van der Waals surface area contributed by atoms with Crippen molar-refractivity contribution < 1.29 is 27.8 Å². The van der Waals surface area contributed by atoms with E-state index in [-0.39, 0.29) is 17.9 Å². The summed E-state index contributed by atoms with van der Waals surface area (Å²) in [6, 6.07) is 7.62. The highest BCUT2D eigenvalue weighted by molar-refractivity contribution is 6.30. The summed E-state index contributed by atoms with van der Waals surface area (Å²) in [5.74, 6) is -2.50. The molecular weight excluding hydrogens is 380 g/mol. The van der Waals surface area contributed by atoms with Crippen molar-refractivity contribution in [2.24, 2.45) is 0 Å². The van der Waals surface area contributed by atoms with Crippen LogP contribution >= 0.6 is 11.6 Å². The van der Waals surface area contributed by atoms with Gasteiger partial charge in [0.1, 0.15) is 24.0 Å². The highest BCUT2D eigenvalue weighted by Crippen LogP contribution is 2.29. The molecular formula is C19H14ClF2NO4. The average molecular weight is 394 g/mol. The van der Waals surface area contributed by atoms with Gasteiger partial charge in [0, 0.05) is 16.7 Å². The van der Waals surface area contributed by atoms with Crippen LogP contribution in [-0.4, -0.2) is 24.6 Å². The predicted octanol–water partition coefficient (Wildman–Crippen LogP) is 3.96. The van der Waals surface area contributed by atoms with Crippen molar-refractivity contribution in [3.05, 3.63) is 64.2 Å². The van der Waals surface area contributed by atoms with Crippen molar-refractivity contribution in [2.45, 2.75) is 13.0 Å². The molecule has 3 rings (SSSR count). The molecule has 2 aromatic rings. The van der Waals surface area contributed by atoms with Crippen LogP contribution in [0.15, 0.2) is 42.0 Å². The Morgan fingerprint density at radius 2 is 2.00 bits per heavy atom. The highest BCUT2D eigenvalue weighted by Gasteiger charge is 2.24. The molecule has 1 amide bonds. The third-order valence-corrected chi connectivity index (χ3v) is 4.02. The second-order valence-electron chi connectivity index (χ2n) is 5.80. The summed E-state index contributed by atoms with van der Waals surface area (Å²) in [5.41, 5.74) is 0.465. The molecule has 0 bridgehead atoms. The van der Waals surface area contributed by atoms with Crippen LogP contribution in [-0.2, 0) is 14.3 Å². The van der Waals surface area contributed by atoms with Crippen molar-refractivity contribution in [2.75, 3.05) is 11.9 Å². The van der Waals surface area contributed by atoms with Gasteiger partial charge in [0.05, 0.1) is 11.3 Å². The maximum Gasteiger partial charge on any atom is 0.338 e. The number of benzene rings is 2. The molecule has 140 valence electrons. The lowest BCUT2D eigenvalue weighted by atomic mass is 10.1. The molecule has 1 heterocycles. The van der Waals surface area contributed by atoms with Crippen molar-refractivity contribution >= 4 is 35.2 Å². The molecule has 1 aliphatic heterocycles. The standard InChI is InChI=1S/C19H14ClF2NO4/c1-10(18(24)23-16-8-14(21)3-4-15(16)22)27-19(25)12-6-11-7-13(20)2-5-17(11)26-9-12/h2-8,10H,9H2,1H3,(H,23,24). The van der Waals surface area contributed by atoms with Crippen LogP contribution in [0.3, 0.4) is 0 Å². The fourth-order valence-electron chi connectivity index (χ4n) is 2.38. The van der Waals surface area contributed by atoms with Crippen LogP contribution in [0.5, 0.6) is 5.75 Å². The first kappa shape index (κ1) is 18.8. The molecule has 0 spiro atoms. The molecule has 0 saturated heterocycles. The Balaban J connectivity index is 1.67. The van der Waals surface area contributed by atoms with E-state index >= 15 is 0 Å². The van der Waals surface area contributed by atoms with E-state index in [0.717, 1.165) is 18.2 Å². The Kier molecular flexibility index (Phi) is 5.41. The third-order valence-electron chi connectivity index (χ3n) is 3.79. The number of fused-ring (bicyclic) bond motifs is 1. The van der Waals surface area contributed by atoms with Crippen molar-refractivity contribution in [1.82, 2.24) is 0 Å². The molecule has 1 unspecified atom stereocenters. The number of ether oxygens (including phenoxy) is 2. The van der Waals surface area contributed by atoms with Crippen LogP contribution in [0.2, 0.25) is 5.02 Å². The summed E-state index contributed by atoms with van der Waals surface area (Å²) in [4.78, 5) is 24.4. The van der Waals surface area contributed by atoms with Gasteiger partial charge in [-0.2, -0.15) is 0 Å². The van der Waals surface area contributed by atoms with Gasteiger partial charge in [-0.3, -0.25) is 4.79 Å². The molecule has 5 nitrogen and oxygen atoms in total. The molecule has 1 N–H and O–H groups in total. The minimum atomic E-state index is -1.23. The number of anilines is 1. The first-order valence-electron chi connectivity index (χ1n) is 7.93. The molecule has 8 heteroatoms. The second kappa shape index (κ2) is 7.75. The first-order chi connectivity index (χ1) is 12.8. The Morgan fingerprint density at radius 3 is 2.78 bits per heavy atom. The molecule has 0 aromatic heterocycles. The van der Waals surface area contributed by atoms with Crippen molar-refractivity contribution in [1.29, 1.82) is 0 Å². The van der Waals surface area contributed by atoms with Gasteiger partial charge >= 0.3 is 5.97 Å². The topological polar surface area (TPSA) is 64.6 Å². The van der Waals surface area contributed by atoms with Crippen LogP contribution in [0.25, 0.3) is 6.08 Å². The first-order valence-corrected chi connectivity index (χ1v) is 8.31. The number of amides is 1. The Hall–Kier alpha value is -2.93. The van der Waals surface area contributed by atoms with Crippen LogP contribution in [0, 0.1) is 11.6 Å². The van der Waals surface area contributed by atoms with E-state index in [1.807, 2.05) is 0 Å². The zero-order valence-corrected chi connectivity index (χ0v) is 14.8. The second-order valence-corrected chi connectivity index (χ2v) is 6.24. The SMILES string of the molecule is CC(OC(=O)C1=Cc2cc(Cl)ccc2OC1)C(=O)Nc1cc(F)ccc1F. The minimum absolute atomic E-state index is 0.0275. The van der Waals surface area contributed by atoms with E-state index < -0.39 is 29.6 Å². The molecule has 0 aliphatic carbocycles. The van der Waals surface area contributed by atoms with Gasteiger partial charge in [0.25, 0.3) is 5.91 Å². The fourth-order valence-corrected chi connectivity index (χ4v) is 2.56. The number of halogens is 3. The third kappa shape index (κ3) is 4.43. The van der Waals surface area contributed by atoms with Gasteiger partial charge in [-0.1, -0.05) is 11.6 Å². The summed E-state index contributed by atoms with van der Waals surface area (Å²) < 4.78 is 37.3. The highest BCUT2D eigenvalue weighted by atomic mass is 35.5. The summed E-state index contributed by atoms with van der Waals surface area (Å²) in [6.45, 7) is 1.29. The van der Waals surface area contributed by atoms with Gasteiger partial charge < -0.3 is 14.8 Å². The Labute approximate surface area is 158 Å². The average Bonchev–Trinajstić information content (AvgIpc) is 2.63. The summed E-state index contributed by atoms with van der Waals surface area (Å²) in [5, 5.41) is 2.66. The van der Waals surface area contributed by atoms with E-state index in [1.54, 1.807) is 24.3 Å². The maximum absolute atomic E-state index is 13.6. The molecule has 2 aromatic carbocycles. The number of hydrogen-bond acceptors (Lipinski definition) is 4. The predicted molar refractivity (Wildman–Crippen MR) is 95.5 cm³/mol. The Bertz CT molecular complexity index is 945. The molecule has 0 saturated carbocycles. The van der Waals surface area contributed by atoms with Gasteiger partial charge in [-0.15, -0.1) is 0 Å². The minimum Gasteiger partial charge on any atom is -0.488 e. The maximum atomic E-state index is 13.6. The number of rotatable bonds is 4. The largest absolute Gasteiger partial charge is 0.488 e. The molecule has 1 atom stereocenters. The zero-order valence-electron chi connectivity index (χ0n) is 14.1. The van der Waals surface area contributed by atoms with Gasteiger partial charge in [-0.05, 0) is 43.3 Å². The normalized spacial score (nSPS) is 13.7. The van der Waals surface area contributed by atoms with Gasteiger partial charge in [-0.25, -0.2) is 13.6 Å². The van der Waals surface area contributed by atoms with E-state index in [1.165, 1.54) is 6.92 Å². The molecule has 0 fully saturated rings.